The van der Waals surface area contributed by atoms with Crippen LogP contribution in [0.4, 0.5) is 0 Å². The van der Waals surface area contributed by atoms with Gasteiger partial charge in [0.25, 0.3) is 0 Å². The van der Waals surface area contributed by atoms with Gasteiger partial charge in [0, 0.05) is 92.9 Å². The number of unbranched alkanes of at least 4 members (excludes halogenated alkanes) is 3. The first-order valence-electron chi connectivity index (χ1n) is 31.6. The summed E-state index contributed by atoms with van der Waals surface area (Å²) in [7, 11) is 0. The fraction of sp³-hybridized carbons (Fsp3) is 0.850. The highest BCUT2D eigenvalue weighted by Crippen LogP contribution is 2.30. The summed E-state index contributed by atoms with van der Waals surface area (Å²) in [5.41, 5.74) is 28.8. The molecule has 9 amide bonds. The molecule has 3 aliphatic rings. The van der Waals surface area contributed by atoms with Crippen LogP contribution in [0.3, 0.4) is 0 Å². The molecule has 0 aromatic rings. The van der Waals surface area contributed by atoms with E-state index in [9.17, 15) is 43.2 Å². The second-order valence-corrected chi connectivity index (χ2v) is 25.1. The quantitative estimate of drug-likeness (QED) is 0.0396. The van der Waals surface area contributed by atoms with Crippen molar-refractivity contribution in [3.63, 3.8) is 0 Å². The Morgan fingerprint density at radius 2 is 0.707 bits per heavy atom. The van der Waals surface area contributed by atoms with Crippen LogP contribution in [0.15, 0.2) is 0 Å². The Morgan fingerprint density at radius 3 is 1.10 bits per heavy atom. The number of rotatable bonds is 38. The number of nitrogens with two attached hydrogens (primary N) is 5. The predicted octanol–water partition coefficient (Wildman–Crippen LogP) is 2.94. The average Bonchev–Trinajstić information content (AvgIpc) is 3.49. The van der Waals surface area contributed by atoms with Crippen LogP contribution in [0.2, 0.25) is 0 Å². The maximum absolute atomic E-state index is 14.2. The molecule has 82 heavy (non-hydrogen) atoms. The molecule has 0 heterocycles. The lowest BCUT2D eigenvalue weighted by molar-refractivity contribution is -0.133. The molecule has 3 rings (SSSR count). The van der Waals surface area contributed by atoms with Crippen molar-refractivity contribution in [1.82, 2.24) is 42.5 Å². The molecule has 0 unspecified atom stereocenters. The molecule has 3 saturated carbocycles. The summed E-state index contributed by atoms with van der Waals surface area (Å²) >= 11 is 0. The third kappa shape index (κ3) is 27.2. The molecule has 0 spiro atoms. The van der Waals surface area contributed by atoms with Crippen molar-refractivity contribution in [2.24, 2.45) is 64.2 Å². The van der Waals surface area contributed by atoms with E-state index in [-0.39, 0.29) is 110 Å². The molecule has 0 saturated heterocycles. The molecule has 0 aliphatic heterocycles. The van der Waals surface area contributed by atoms with Crippen LogP contribution >= 0.6 is 0 Å². The van der Waals surface area contributed by atoms with Crippen molar-refractivity contribution in [2.75, 3.05) is 19.6 Å². The molecular formula is C60H111N13O9. The van der Waals surface area contributed by atoms with Crippen LogP contribution in [-0.4, -0.2) is 127 Å². The number of amides is 9. The minimum absolute atomic E-state index is 0.000151. The Hall–Kier alpha value is -4.93. The van der Waals surface area contributed by atoms with Crippen LogP contribution in [0.1, 0.15) is 215 Å². The van der Waals surface area contributed by atoms with Crippen LogP contribution in [0, 0.1) is 35.5 Å². The van der Waals surface area contributed by atoms with Gasteiger partial charge in [-0.25, -0.2) is 0 Å². The Morgan fingerprint density at radius 1 is 0.378 bits per heavy atom. The lowest BCUT2D eigenvalue weighted by Gasteiger charge is -2.36. The molecule has 12 atom stereocenters. The predicted molar refractivity (Wildman–Crippen MR) is 319 cm³/mol. The van der Waals surface area contributed by atoms with Crippen LogP contribution < -0.4 is 71.2 Å². The minimum Gasteiger partial charge on any atom is -0.370 e. The summed E-state index contributed by atoms with van der Waals surface area (Å²) in [6, 6.07) is -3.99. The molecule has 0 aromatic heterocycles. The zero-order chi connectivity index (χ0) is 60.7. The van der Waals surface area contributed by atoms with E-state index in [1.807, 2.05) is 41.5 Å². The van der Waals surface area contributed by atoms with Crippen molar-refractivity contribution in [3.8, 4) is 0 Å². The van der Waals surface area contributed by atoms with Crippen molar-refractivity contribution >= 4 is 53.2 Å². The first kappa shape index (κ1) is 71.3. The normalized spacial score (nSPS) is 22.4. The zero-order valence-corrected chi connectivity index (χ0v) is 50.9. The van der Waals surface area contributed by atoms with Crippen LogP contribution in [0.25, 0.3) is 0 Å². The number of nitrogens with one attached hydrogen (secondary N) is 8. The second-order valence-electron chi connectivity index (χ2n) is 25.1. The van der Waals surface area contributed by atoms with E-state index in [2.05, 4.69) is 42.5 Å². The molecule has 22 nitrogen and oxygen atoms in total. The molecule has 3 aliphatic carbocycles. The number of hydrogen-bond donors (Lipinski definition) is 13. The highest BCUT2D eigenvalue weighted by molar-refractivity contribution is 5.86. The van der Waals surface area contributed by atoms with E-state index in [4.69, 9.17) is 28.7 Å². The molecule has 22 heteroatoms. The molecule has 18 N–H and O–H groups in total. The molecule has 470 valence electrons. The smallest absolute Gasteiger partial charge is 0.225 e. The van der Waals surface area contributed by atoms with Gasteiger partial charge in [-0.1, -0.05) is 99.3 Å². The first-order valence-corrected chi connectivity index (χ1v) is 31.6. The second kappa shape index (κ2) is 38.8. The van der Waals surface area contributed by atoms with E-state index in [0.29, 0.717) is 90.3 Å². The van der Waals surface area contributed by atoms with Gasteiger partial charge < -0.3 is 71.2 Å². The third-order valence-electron chi connectivity index (χ3n) is 17.1. The third-order valence-corrected chi connectivity index (χ3v) is 17.1. The standard InChI is InChI=1S/C60H111N13O9/c1-37(2)49(70-53(75)31-40(64)19-13-16-28-61)36-57(79)72-51(39(5)6)35-56(78)68-46-25-10-7-22-43(46)58(80)67-42(21-15-18-30-63)33-54(76)71-50(38(3)4)34-55(77)69-47-26-11-8-23-44(47)60(82)73-48-27-12-9-24-45(48)59(81)66-41(32-52(65)74)20-14-17-29-62/h37-51H,7-36,61-64H2,1-6H3,(H2,65,74)(H,66,81)(H,67,80)(H,68,78)(H,69,77)(H,70,75)(H,71,76)(H,72,79)(H,73,82)/t40-,41-,42-,43-,44-,45-,46-,47-,48-,49+,50+,51+/m0/s1. The van der Waals surface area contributed by atoms with Crippen molar-refractivity contribution in [1.29, 1.82) is 0 Å². The van der Waals surface area contributed by atoms with Gasteiger partial charge in [-0.15, -0.1) is 0 Å². The Bertz CT molecular complexity index is 1990. The van der Waals surface area contributed by atoms with Crippen LogP contribution in [-0.2, 0) is 43.2 Å². The monoisotopic (exact) mass is 1160 g/mol. The van der Waals surface area contributed by atoms with Crippen molar-refractivity contribution in [3.05, 3.63) is 0 Å². The molecule has 0 bridgehead atoms. The first-order chi connectivity index (χ1) is 39.0. The lowest BCUT2D eigenvalue weighted by Crippen LogP contribution is -2.55. The fourth-order valence-electron chi connectivity index (χ4n) is 11.9. The summed E-state index contributed by atoms with van der Waals surface area (Å²) in [6.07, 6.45) is 15.0. The number of carbonyl (C=O) groups excluding carboxylic acids is 9. The van der Waals surface area contributed by atoms with E-state index in [1.54, 1.807) is 0 Å². The van der Waals surface area contributed by atoms with Gasteiger partial charge in [-0.3, -0.25) is 43.2 Å². The molecule has 0 radical (unpaired) electrons. The number of hydrogen-bond acceptors (Lipinski definition) is 13. The van der Waals surface area contributed by atoms with Gasteiger partial charge in [0.05, 0.1) is 17.8 Å². The molecular weight excluding hydrogens is 1050 g/mol. The van der Waals surface area contributed by atoms with Gasteiger partial charge in [0.2, 0.25) is 53.2 Å². The Kier molecular flexibility index (Phi) is 33.8. The highest BCUT2D eigenvalue weighted by atomic mass is 16.2. The van der Waals surface area contributed by atoms with Gasteiger partial charge in [-0.05, 0) is 114 Å². The number of primary amides is 1. The molecule has 0 aromatic carbocycles. The largest absolute Gasteiger partial charge is 0.370 e. The van der Waals surface area contributed by atoms with Gasteiger partial charge in [0.1, 0.15) is 0 Å². The Balaban J connectivity index is 1.60. The maximum atomic E-state index is 14.2. The lowest BCUT2D eigenvalue weighted by atomic mass is 9.81. The maximum Gasteiger partial charge on any atom is 0.225 e. The van der Waals surface area contributed by atoms with Gasteiger partial charge >= 0.3 is 0 Å². The van der Waals surface area contributed by atoms with E-state index >= 15 is 0 Å². The van der Waals surface area contributed by atoms with E-state index < -0.39 is 72.0 Å². The van der Waals surface area contributed by atoms with Gasteiger partial charge in [-0.2, -0.15) is 0 Å². The van der Waals surface area contributed by atoms with Crippen molar-refractivity contribution < 1.29 is 43.2 Å². The van der Waals surface area contributed by atoms with Gasteiger partial charge in [0.15, 0.2) is 0 Å². The van der Waals surface area contributed by atoms with Crippen LogP contribution in [0.5, 0.6) is 0 Å². The summed E-state index contributed by atoms with van der Waals surface area (Å²) < 4.78 is 0. The van der Waals surface area contributed by atoms with Crippen molar-refractivity contribution in [2.45, 2.75) is 269 Å². The molecule has 3 fully saturated rings. The topological polar surface area (TPSA) is 380 Å². The summed E-state index contributed by atoms with van der Waals surface area (Å²) in [5, 5.41) is 24.7. The summed E-state index contributed by atoms with van der Waals surface area (Å²) in [4.78, 5) is 122. The Labute approximate surface area is 490 Å². The van der Waals surface area contributed by atoms with E-state index in [0.717, 1.165) is 64.2 Å². The highest BCUT2D eigenvalue weighted by Gasteiger charge is 2.39. The summed E-state index contributed by atoms with van der Waals surface area (Å²) in [5.74, 6) is -4.32. The SMILES string of the molecule is CC(C)[C@@H](CC(=O)N[C@H]1CCCC[C@@H]1C(=O)N[C@@H](CCCCN)CC(=O)N[C@H](CC(=O)N[C@H]1CCCC[C@@H]1C(=O)N[C@H]1CCCC[C@@H]1C(=O)N[C@@H](CCCCN)CC(N)=O)C(C)C)NC(=O)C[C@@H](NC(=O)C[C@@H](N)CCCCN)C(C)C. The number of carbonyl (C=O) groups is 9. The van der Waals surface area contributed by atoms with E-state index in [1.165, 1.54) is 0 Å². The average molecular weight is 1160 g/mol. The zero-order valence-electron chi connectivity index (χ0n) is 50.9. The summed E-state index contributed by atoms with van der Waals surface area (Å²) in [6.45, 7) is 13.1. The fourth-order valence-corrected chi connectivity index (χ4v) is 11.9. The minimum atomic E-state index is -0.542.